The molecule has 3 N–H and O–H groups in total. The molecule has 1 aliphatic heterocycles. The van der Waals surface area contributed by atoms with Crippen LogP contribution in [0.25, 0.3) is 0 Å². The largest absolute Gasteiger partial charge is 0.357 e. The summed E-state index contributed by atoms with van der Waals surface area (Å²) in [5, 5.41) is 3.31. The third kappa shape index (κ3) is 5.94. The van der Waals surface area contributed by atoms with E-state index < -0.39 is 10.0 Å². The number of piperidine rings is 1. The van der Waals surface area contributed by atoms with Crippen molar-refractivity contribution >= 4 is 33.3 Å². The highest BCUT2D eigenvalue weighted by atomic mass is 32.2. The number of benzene rings is 1. The molecule has 1 atom stereocenters. The third-order valence-corrected chi connectivity index (χ3v) is 6.20. The van der Waals surface area contributed by atoms with Crippen LogP contribution < -0.4 is 16.2 Å². The van der Waals surface area contributed by atoms with Gasteiger partial charge in [-0.1, -0.05) is 30.3 Å². The SMILES string of the molecule is CCS(=O)(=O)N1CCC[C@H](C(=O)NNC(=S)NCc2ccccc2)C1. The van der Waals surface area contributed by atoms with Crippen molar-refractivity contribution in [2.75, 3.05) is 18.8 Å². The molecule has 0 aliphatic carbocycles. The maximum atomic E-state index is 12.3. The molecule has 1 fully saturated rings. The molecule has 7 nitrogen and oxygen atoms in total. The van der Waals surface area contributed by atoms with E-state index in [9.17, 15) is 13.2 Å². The van der Waals surface area contributed by atoms with E-state index in [2.05, 4.69) is 16.2 Å². The molecule has 2 rings (SSSR count). The monoisotopic (exact) mass is 384 g/mol. The summed E-state index contributed by atoms with van der Waals surface area (Å²) in [5.41, 5.74) is 6.31. The standard InChI is InChI=1S/C16H24N4O3S2/c1-2-25(22,23)20-10-6-9-14(12-20)15(21)18-19-16(24)17-11-13-7-4-3-5-8-13/h3-5,7-8,14H,2,6,9-12H2,1H3,(H,18,21)(H2,17,19,24)/t14-/m0/s1. The van der Waals surface area contributed by atoms with Crippen LogP contribution in [-0.4, -0.2) is 42.6 Å². The van der Waals surface area contributed by atoms with Crippen molar-refractivity contribution in [1.82, 2.24) is 20.5 Å². The quantitative estimate of drug-likeness (QED) is 0.513. The van der Waals surface area contributed by atoms with E-state index in [-0.39, 0.29) is 24.1 Å². The van der Waals surface area contributed by atoms with Gasteiger partial charge >= 0.3 is 0 Å². The first kappa shape index (κ1) is 19.6. The molecule has 1 aromatic carbocycles. The number of nitrogens with one attached hydrogen (secondary N) is 3. The van der Waals surface area contributed by atoms with Crippen molar-refractivity contribution in [2.45, 2.75) is 26.3 Å². The minimum atomic E-state index is -3.26. The molecular formula is C16H24N4O3S2. The highest BCUT2D eigenvalue weighted by Crippen LogP contribution is 2.19. The Balaban J connectivity index is 1.76. The molecule has 25 heavy (non-hydrogen) atoms. The van der Waals surface area contributed by atoms with Crippen LogP contribution in [0.4, 0.5) is 0 Å². The lowest BCUT2D eigenvalue weighted by Crippen LogP contribution is -2.52. The van der Waals surface area contributed by atoms with E-state index in [0.29, 0.717) is 31.0 Å². The van der Waals surface area contributed by atoms with Crippen LogP contribution in [0, 0.1) is 5.92 Å². The summed E-state index contributed by atoms with van der Waals surface area (Å²) in [6, 6.07) is 9.76. The molecular weight excluding hydrogens is 360 g/mol. The summed E-state index contributed by atoms with van der Waals surface area (Å²) in [4.78, 5) is 12.3. The fourth-order valence-corrected chi connectivity index (χ4v) is 3.94. The lowest BCUT2D eigenvalue weighted by atomic mass is 9.99. The number of rotatable bonds is 5. The van der Waals surface area contributed by atoms with Gasteiger partial charge in [0.2, 0.25) is 15.9 Å². The maximum Gasteiger partial charge on any atom is 0.242 e. The molecule has 0 unspecified atom stereocenters. The Labute approximate surface area is 154 Å². The number of carbonyl (C=O) groups is 1. The molecule has 0 saturated carbocycles. The number of hydrogen-bond donors (Lipinski definition) is 3. The van der Waals surface area contributed by atoms with Crippen molar-refractivity contribution in [2.24, 2.45) is 5.92 Å². The average Bonchev–Trinajstić information content (AvgIpc) is 2.65. The second kappa shape index (κ2) is 9.12. The van der Waals surface area contributed by atoms with E-state index in [4.69, 9.17) is 12.2 Å². The lowest BCUT2D eigenvalue weighted by molar-refractivity contribution is -0.126. The molecule has 1 heterocycles. The van der Waals surface area contributed by atoms with Crippen LogP contribution in [0.1, 0.15) is 25.3 Å². The van der Waals surface area contributed by atoms with Gasteiger partial charge in [-0.05, 0) is 37.5 Å². The second-order valence-corrected chi connectivity index (χ2v) is 8.55. The lowest BCUT2D eigenvalue weighted by Gasteiger charge is -2.30. The molecule has 9 heteroatoms. The number of hydrogen-bond acceptors (Lipinski definition) is 4. The van der Waals surface area contributed by atoms with E-state index in [1.165, 1.54) is 4.31 Å². The fraction of sp³-hybridized carbons (Fsp3) is 0.500. The molecule has 0 radical (unpaired) electrons. The normalized spacial score (nSPS) is 18.4. The molecule has 0 bridgehead atoms. The second-order valence-electron chi connectivity index (χ2n) is 5.88. The first-order valence-electron chi connectivity index (χ1n) is 8.28. The van der Waals surface area contributed by atoms with E-state index in [1.54, 1.807) is 6.92 Å². The minimum Gasteiger partial charge on any atom is -0.357 e. The summed E-state index contributed by atoms with van der Waals surface area (Å²) >= 11 is 5.13. The van der Waals surface area contributed by atoms with Crippen molar-refractivity contribution in [3.8, 4) is 0 Å². The Kier molecular flexibility index (Phi) is 7.15. The summed E-state index contributed by atoms with van der Waals surface area (Å²) in [6.07, 6.45) is 1.33. The molecule has 0 spiro atoms. The first-order valence-corrected chi connectivity index (χ1v) is 10.3. The number of carbonyl (C=O) groups excluding carboxylic acids is 1. The van der Waals surface area contributed by atoms with Gasteiger partial charge in [0, 0.05) is 19.6 Å². The summed E-state index contributed by atoms with van der Waals surface area (Å²) in [6.45, 7) is 2.85. The Morgan fingerprint density at radius 3 is 2.68 bits per heavy atom. The van der Waals surface area contributed by atoms with Crippen molar-refractivity contribution < 1.29 is 13.2 Å². The van der Waals surface area contributed by atoms with Crippen LogP contribution in [-0.2, 0) is 21.4 Å². The zero-order chi connectivity index (χ0) is 18.3. The van der Waals surface area contributed by atoms with Crippen molar-refractivity contribution in [1.29, 1.82) is 0 Å². The van der Waals surface area contributed by atoms with E-state index >= 15 is 0 Å². The number of thiocarbonyl (C=S) groups is 1. The van der Waals surface area contributed by atoms with Crippen molar-refractivity contribution in [3.63, 3.8) is 0 Å². The predicted molar refractivity (Wildman–Crippen MR) is 101 cm³/mol. The van der Waals surface area contributed by atoms with Gasteiger partial charge in [0.25, 0.3) is 0 Å². The van der Waals surface area contributed by atoms with Gasteiger partial charge in [-0.3, -0.25) is 15.6 Å². The minimum absolute atomic E-state index is 0.0487. The molecule has 1 aromatic rings. The highest BCUT2D eigenvalue weighted by molar-refractivity contribution is 7.89. The molecule has 1 aliphatic rings. The Morgan fingerprint density at radius 2 is 2.00 bits per heavy atom. The van der Waals surface area contributed by atoms with Gasteiger partial charge in [0.15, 0.2) is 5.11 Å². The van der Waals surface area contributed by atoms with Gasteiger partial charge in [-0.25, -0.2) is 12.7 Å². The summed E-state index contributed by atoms with van der Waals surface area (Å²) in [5.74, 6) is -0.577. The highest BCUT2D eigenvalue weighted by Gasteiger charge is 2.31. The van der Waals surface area contributed by atoms with Crippen LogP contribution in [0.15, 0.2) is 30.3 Å². The summed E-state index contributed by atoms with van der Waals surface area (Å²) < 4.78 is 25.3. The van der Waals surface area contributed by atoms with Gasteiger partial charge in [-0.15, -0.1) is 0 Å². The predicted octanol–water partition coefficient (Wildman–Crippen LogP) is 0.744. The smallest absolute Gasteiger partial charge is 0.242 e. The number of sulfonamides is 1. The molecule has 0 aromatic heterocycles. The zero-order valence-corrected chi connectivity index (χ0v) is 15.8. The van der Waals surface area contributed by atoms with Crippen LogP contribution in [0.3, 0.4) is 0 Å². The Hall–Kier alpha value is -1.71. The number of nitrogens with zero attached hydrogens (tertiary/aromatic N) is 1. The maximum absolute atomic E-state index is 12.3. The van der Waals surface area contributed by atoms with E-state index in [0.717, 1.165) is 5.56 Å². The Bertz CT molecular complexity index is 695. The van der Waals surface area contributed by atoms with Crippen molar-refractivity contribution in [3.05, 3.63) is 35.9 Å². The van der Waals surface area contributed by atoms with Crippen LogP contribution in [0.2, 0.25) is 0 Å². The average molecular weight is 385 g/mol. The van der Waals surface area contributed by atoms with E-state index in [1.807, 2.05) is 30.3 Å². The van der Waals surface area contributed by atoms with Crippen LogP contribution >= 0.6 is 12.2 Å². The molecule has 138 valence electrons. The van der Waals surface area contributed by atoms with Gasteiger partial charge in [0.05, 0.1) is 11.7 Å². The molecule has 1 amide bonds. The third-order valence-electron chi connectivity index (χ3n) is 4.11. The topological polar surface area (TPSA) is 90.5 Å². The number of amides is 1. The van der Waals surface area contributed by atoms with Gasteiger partial charge in [0.1, 0.15) is 0 Å². The summed E-state index contributed by atoms with van der Waals surface area (Å²) in [7, 11) is -3.26. The Morgan fingerprint density at radius 1 is 1.28 bits per heavy atom. The van der Waals surface area contributed by atoms with Crippen LogP contribution in [0.5, 0.6) is 0 Å². The molecule has 1 saturated heterocycles. The zero-order valence-electron chi connectivity index (χ0n) is 14.2. The van der Waals surface area contributed by atoms with Gasteiger partial charge in [-0.2, -0.15) is 0 Å². The van der Waals surface area contributed by atoms with Gasteiger partial charge < -0.3 is 5.32 Å². The number of hydrazine groups is 1. The fourth-order valence-electron chi connectivity index (χ4n) is 2.63. The first-order chi connectivity index (χ1) is 11.9.